The van der Waals surface area contributed by atoms with E-state index in [1.165, 1.54) is 6.07 Å². The predicted octanol–water partition coefficient (Wildman–Crippen LogP) is 1.64. The molecule has 0 aliphatic carbocycles. The average molecular weight is 222 g/mol. The highest BCUT2D eigenvalue weighted by molar-refractivity contribution is 5.45. The minimum atomic E-state index is -0.380. The molecule has 16 heavy (non-hydrogen) atoms. The van der Waals surface area contributed by atoms with E-state index in [-0.39, 0.29) is 16.7 Å². The molecular formula is C11H14N2O3. The number of nitrogens with one attached hydrogen (secondary N) is 1. The Balaban J connectivity index is 2.15. The highest BCUT2D eigenvalue weighted by Crippen LogP contribution is 2.25. The van der Waals surface area contributed by atoms with Crippen LogP contribution in [0.2, 0.25) is 0 Å². The van der Waals surface area contributed by atoms with Crippen molar-refractivity contribution in [1.29, 1.82) is 0 Å². The van der Waals surface area contributed by atoms with Crippen LogP contribution in [0.3, 0.4) is 0 Å². The lowest BCUT2D eigenvalue weighted by Crippen LogP contribution is -2.19. The van der Waals surface area contributed by atoms with Gasteiger partial charge in [-0.15, -0.1) is 0 Å². The maximum atomic E-state index is 10.7. The van der Waals surface area contributed by atoms with E-state index in [4.69, 9.17) is 4.74 Å². The Morgan fingerprint density at radius 2 is 2.38 bits per heavy atom. The number of nitrogens with zero attached hydrogens (tertiary/aromatic N) is 1. The summed E-state index contributed by atoms with van der Waals surface area (Å²) in [5.41, 5.74) is 0.769. The SMILES string of the molecule is Cc1ccc(OC2CCNC2)cc1[N+](=O)[O-]. The topological polar surface area (TPSA) is 64.4 Å². The summed E-state index contributed by atoms with van der Waals surface area (Å²) in [6, 6.07) is 4.99. The second kappa shape index (κ2) is 4.49. The molecule has 1 N–H and O–H groups in total. The van der Waals surface area contributed by atoms with Crippen molar-refractivity contribution in [2.75, 3.05) is 13.1 Å². The molecule has 0 saturated carbocycles. The minimum absolute atomic E-state index is 0.114. The van der Waals surface area contributed by atoms with Crippen molar-refractivity contribution >= 4 is 5.69 Å². The summed E-state index contributed by atoms with van der Waals surface area (Å²) in [6.45, 7) is 3.47. The van der Waals surface area contributed by atoms with Crippen molar-refractivity contribution in [2.24, 2.45) is 0 Å². The summed E-state index contributed by atoms with van der Waals surface area (Å²) in [5.74, 6) is 0.575. The molecule has 5 heteroatoms. The van der Waals surface area contributed by atoms with Gasteiger partial charge < -0.3 is 10.1 Å². The maximum absolute atomic E-state index is 10.7. The van der Waals surface area contributed by atoms with E-state index in [2.05, 4.69) is 5.32 Å². The van der Waals surface area contributed by atoms with Crippen molar-refractivity contribution < 1.29 is 9.66 Å². The van der Waals surface area contributed by atoms with E-state index in [9.17, 15) is 10.1 Å². The Bertz CT molecular complexity index is 400. The third-order valence-corrected chi connectivity index (χ3v) is 2.70. The fourth-order valence-electron chi connectivity index (χ4n) is 1.78. The Hall–Kier alpha value is -1.62. The molecule has 1 fully saturated rings. The van der Waals surface area contributed by atoms with Gasteiger partial charge in [0.15, 0.2) is 0 Å². The van der Waals surface area contributed by atoms with Crippen LogP contribution in [0.15, 0.2) is 18.2 Å². The molecule has 1 aliphatic heterocycles. The molecule has 1 aromatic rings. The number of nitro groups is 1. The number of hydrogen-bond acceptors (Lipinski definition) is 4. The standard InChI is InChI=1S/C11H14N2O3/c1-8-2-3-9(6-11(8)13(14)15)16-10-4-5-12-7-10/h2-3,6,10,12H,4-5,7H2,1H3. The largest absolute Gasteiger partial charge is 0.489 e. The van der Waals surface area contributed by atoms with Crippen molar-refractivity contribution in [3.8, 4) is 5.75 Å². The monoisotopic (exact) mass is 222 g/mol. The molecular weight excluding hydrogens is 208 g/mol. The van der Waals surface area contributed by atoms with Crippen LogP contribution in [0.25, 0.3) is 0 Å². The first-order valence-electron chi connectivity index (χ1n) is 5.29. The predicted molar refractivity (Wildman–Crippen MR) is 59.7 cm³/mol. The van der Waals surface area contributed by atoms with Gasteiger partial charge in [0.05, 0.1) is 11.0 Å². The van der Waals surface area contributed by atoms with Crippen LogP contribution in [-0.2, 0) is 0 Å². The molecule has 1 aromatic carbocycles. The molecule has 1 saturated heterocycles. The number of hydrogen-bond donors (Lipinski definition) is 1. The Morgan fingerprint density at radius 3 is 3.00 bits per heavy atom. The molecule has 0 spiro atoms. The first-order valence-corrected chi connectivity index (χ1v) is 5.29. The third kappa shape index (κ3) is 2.30. The highest BCUT2D eigenvalue weighted by atomic mass is 16.6. The van der Waals surface area contributed by atoms with E-state index >= 15 is 0 Å². The maximum Gasteiger partial charge on any atom is 0.276 e. The van der Waals surface area contributed by atoms with Gasteiger partial charge in [-0.2, -0.15) is 0 Å². The van der Waals surface area contributed by atoms with E-state index in [1.54, 1.807) is 19.1 Å². The lowest BCUT2D eigenvalue weighted by molar-refractivity contribution is -0.385. The van der Waals surface area contributed by atoms with Gasteiger partial charge in [-0.3, -0.25) is 10.1 Å². The Kier molecular flexibility index (Phi) is 3.05. The summed E-state index contributed by atoms with van der Waals surface area (Å²) >= 11 is 0. The van der Waals surface area contributed by atoms with E-state index in [0.29, 0.717) is 11.3 Å². The fourth-order valence-corrected chi connectivity index (χ4v) is 1.78. The van der Waals surface area contributed by atoms with Gasteiger partial charge in [-0.1, -0.05) is 0 Å². The van der Waals surface area contributed by atoms with Gasteiger partial charge in [0.25, 0.3) is 5.69 Å². The highest BCUT2D eigenvalue weighted by Gasteiger charge is 2.18. The number of ether oxygens (including phenoxy) is 1. The van der Waals surface area contributed by atoms with Gasteiger partial charge in [0.2, 0.25) is 0 Å². The van der Waals surface area contributed by atoms with Crippen LogP contribution < -0.4 is 10.1 Å². The van der Waals surface area contributed by atoms with Crippen LogP contribution in [0, 0.1) is 17.0 Å². The number of aryl methyl sites for hydroxylation is 1. The molecule has 0 aromatic heterocycles. The van der Waals surface area contributed by atoms with Gasteiger partial charge in [0, 0.05) is 12.1 Å². The first-order chi connectivity index (χ1) is 7.66. The van der Waals surface area contributed by atoms with Gasteiger partial charge >= 0.3 is 0 Å². The zero-order valence-corrected chi connectivity index (χ0v) is 9.10. The molecule has 1 unspecified atom stereocenters. The number of benzene rings is 1. The Labute approximate surface area is 93.6 Å². The zero-order valence-electron chi connectivity index (χ0n) is 9.10. The van der Waals surface area contributed by atoms with E-state index < -0.39 is 0 Å². The molecule has 86 valence electrons. The van der Waals surface area contributed by atoms with Crippen LogP contribution in [0.4, 0.5) is 5.69 Å². The van der Waals surface area contributed by atoms with Crippen LogP contribution >= 0.6 is 0 Å². The molecule has 1 aliphatic rings. The van der Waals surface area contributed by atoms with E-state index in [0.717, 1.165) is 19.5 Å². The zero-order chi connectivity index (χ0) is 11.5. The van der Waals surface area contributed by atoms with Crippen molar-refractivity contribution in [1.82, 2.24) is 5.32 Å². The first kappa shape index (κ1) is 10.9. The summed E-state index contributed by atoms with van der Waals surface area (Å²) in [6.07, 6.45) is 1.07. The molecule has 1 atom stereocenters. The van der Waals surface area contributed by atoms with Crippen molar-refractivity contribution in [3.63, 3.8) is 0 Å². The second-order valence-corrected chi connectivity index (χ2v) is 3.94. The normalized spacial score (nSPS) is 19.7. The second-order valence-electron chi connectivity index (χ2n) is 3.94. The van der Waals surface area contributed by atoms with Crippen molar-refractivity contribution in [3.05, 3.63) is 33.9 Å². The average Bonchev–Trinajstić information content (AvgIpc) is 2.73. The quantitative estimate of drug-likeness (QED) is 0.623. The fraction of sp³-hybridized carbons (Fsp3) is 0.455. The molecule has 1 heterocycles. The number of nitro benzene ring substituents is 1. The summed E-state index contributed by atoms with van der Waals surface area (Å²) in [5, 5.41) is 13.9. The Morgan fingerprint density at radius 1 is 1.56 bits per heavy atom. The molecule has 0 amide bonds. The molecule has 0 radical (unpaired) electrons. The smallest absolute Gasteiger partial charge is 0.276 e. The summed E-state index contributed by atoms with van der Waals surface area (Å²) < 4.78 is 5.65. The summed E-state index contributed by atoms with van der Waals surface area (Å²) in [4.78, 5) is 10.4. The molecule has 5 nitrogen and oxygen atoms in total. The van der Waals surface area contributed by atoms with Gasteiger partial charge in [0.1, 0.15) is 11.9 Å². The lowest BCUT2D eigenvalue weighted by atomic mass is 10.2. The minimum Gasteiger partial charge on any atom is -0.489 e. The molecule has 0 bridgehead atoms. The van der Waals surface area contributed by atoms with Crippen LogP contribution in [-0.4, -0.2) is 24.1 Å². The lowest BCUT2D eigenvalue weighted by Gasteiger charge is -2.12. The van der Waals surface area contributed by atoms with Crippen LogP contribution in [0.1, 0.15) is 12.0 Å². The third-order valence-electron chi connectivity index (χ3n) is 2.70. The van der Waals surface area contributed by atoms with Gasteiger partial charge in [-0.05, 0) is 32.0 Å². The summed E-state index contributed by atoms with van der Waals surface area (Å²) in [7, 11) is 0. The van der Waals surface area contributed by atoms with Gasteiger partial charge in [-0.25, -0.2) is 0 Å². The molecule has 2 rings (SSSR count). The number of rotatable bonds is 3. The van der Waals surface area contributed by atoms with Crippen LogP contribution in [0.5, 0.6) is 5.75 Å². The van der Waals surface area contributed by atoms with E-state index in [1.807, 2.05) is 0 Å². The van der Waals surface area contributed by atoms with Crippen molar-refractivity contribution in [2.45, 2.75) is 19.4 Å².